The van der Waals surface area contributed by atoms with E-state index < -0.39 is 11.9 Å². The molecule has 0 aliphatic heterocycles. The number of benzene rings is 1. The highest BCUT2D eigenvalue weighted by molar-refractivity contribution is 6.35. The first kappa shape index (κ1) is 12.4. The fourth-order valence-corrected chi connectivity index (χ4v) is 2.00. The highest BCUT2D eigenvalue weighted by Crippen LogP contribution is 2.29. The van der Waals surface area contributed by atoms with Crippen LogP contribution in [0.25, 0.3) is 0 Å². The van der Waals surface area contributed by atoms with Crippen LogP contribution in [-0.4, -0.2) is 14.7 Å². The van der Waals surface area contributed by atoms with Crippen LogP contribution in [0.1, 0.15) is 11.7 Å². The van der Waals surface area contributed by atoms with Gasteiger partial charge < -0.3 is 9.67 Å². The third-order valence-corrected chi connectivity index (χ3v) is 2.96. The highest BCUT2D eigenvalue weighted by Gasteiger charge is 2.15. The van der Waals surface area contributed by atoms with Crippen LogP contribution in [0.2, 0.25) is 10.0 Å². The predicted molar refractivity (Wildman–Crippen MR) is 63.6 cm³/mol. The highest BCUT2D eigenvalue weighted by atomic mass is 35.5. The van der Waals surface area contributed by atoms with Crippen molar-refractivity contribution in [3.05, 3.63) is 52.3 Å². The smallest absolute Gasteiger partial charge is 0.142 e. The van der Waals surface area contributed by atoms with Gasteiger partial charge in [-0.05, 0) is 12.1 Å². The number of aliphatic hydroxyl groups excluding tert-OH is 1. The van der Waals surface area contributed by atoms with E-state index in [1.54, 1.807) is 23.3 Å². The molecular weight excluding hydrogens is 266 g/mol. The van der Waals surface area contributed by atoms with Crippen molar-refractivity contribution in [1.82, 2.24) is 9.55 Å². The Balaban J connectivity index is 2.24. The zero-order valence-electron chi connectivity index (χ0n) is 8.65. The van der Waals surface area contributed by atoms with E-state index in [9.17, 15) is 9.50 Å². The van der Waals surface area contributed by atoms with Crippen LogP contribution >= 0.6 is 23.2 Å². The molecule has 1 atom stereocenters. The van der Waals surface area contributed by atoms with Gasteiger partial charge in [-0.25, -0.2) is 9.37 Å². The number of rotatable bonds is 3. The van der Waals surface area contributed by atoms with E-state index >= 15 is 0 Å². The van der Waals surface area contributed by atoms with Gasteiger partial charge in [-0.2, -0.15) is 0 Å². The van der Waals surface area contributed by atoms with E-state index in [1.165, 1.54) is 6.07 Å². The van der Waals surface area contributed by atoms with Crippen molar-refractivity contribution in [2.24, 2.45) is 0 Å². The molecule has 0 fully saturated rings. The molecule has 2 aromatic rings. The molecule has 0 radical (unpaired) electrons. The van der Waals surface area contributed by atoms with Gasteiger partial charge in [-0.3, -0.25) is 0 Å². The Morgan fingerprint density at radius 2 is 2.12 bits per heavy atom. The van der Waals surface area contributed by atoms with Crippen LogP contribution in [-0.2, 0) is 6.54 Å². The summed E-state index contributed by atoms with van der Waals surface area (Å²) >= 11 is 11.5. The average molecular weight is 275 g/mol. The monoisotopic (exact) mass is 274 g/mol. The van der Waals surface area contributed by atoms with Crippen molar-refractivity contribution in [1.29, 1.82) is 0 Å². The molecule has 1 N–H and O–H groups in total. The number of hydrogen-bond acceptors (Lipinski definition) is 2. The lowest BCUT2D eigenvalue weighted by Gasteiger charge is -2.13. The van der Waals surface area contributed by atoms with E-state index in [0.29, 0.717) is 5.56 Å². The average Bonchev–Trinajstić information content (AvgIpc) is 2.76. The van der Waals surface area contributed by atoms with Gasteiger partial charge in [0.2, 0.25) is 0 Å². The summed E-state index contributed by atoms with van der Waals surface area (Å²) < 4.78 is 15.0. The molecule has 0 aliphatic rings. The summed E-state index contributed by atoms with van der Waals surface area (Å²) in [5.41, 5.74) is 0.308. The molecule has 0 spiro atoms. The minimum atomic E-state index is -0.913. The van der Waals surface area contributed by atoms with Crippen LogP contribution in [0.15, 0.2) is 30.9 Å². The second kappa shape index (κ2) is 5.04. The fraction of sp³-hybridized carbons (Fsp3) is 0.182. The van der Waals surface area contributed by atoms with E-state index in [-0.39, 0.29) is 16.6 Å². The van der Waals surface area contributed by atoms with Crippen LogP contribution in [0.3, 0.4) is 0 Å². The van der Waals surface area contributed by atoms with Gasteiger partial charge in [0.15, 0.2) is 0 Å². The molecule has 1 aromatic carbocycles. The first-order valence-electron chi connectivity index (χ1n) is 4.86. The maximum absolute atomic E-state index is 13.3. The summed E-state index contributed by atoms with van der Waals surface area (Å²) in [5.74, 6) is -0.601. The summed E-state index contributed by atoms with van der Waals surface area (Å²) in [5, 5.41) is 10.1. The molecule has 17 heavy (non-hydrogen) atoms. The first-order chi connectivity index (χ1) is 8.08. The number of imidazole rings is 1. The second-order valence-electron chi connectivity index (χ2n) is 3.56. The van der Waals surface area contributed by atoms with Gasteiger partial charge in [0.1, 0.15) is 5.82 Å². The molecule has 0 amide bonds. The lowest BCUT2D eigenvalue weighted by atomic mass is 10.1. The Labute approximate surface area is 107 Å². The van der Waals surface area contributed by atoms with Crippen LogP contribution in [0, 0.1) is 5.82 Å². The van der Waals surface area contributed by atoms with Gasteiger partial charge in [0, 0.05) is 23.0 Å². The van der Waals surface area contributed by atoms with Crippen molar-refractivity contribution in [2.75, 3.05) is 0 Å². The van der Waals surface area contributed by atoms with Crippen molar-refractivity contribution in [3.8, 4) is 0 Å². The Hall–Kier alpha value is -1.10. The molecule has 1 unspecified atom stereocenters. The molecule has 0 bridgehead atoms. The molecule has 0 saturated carbocycles. The standard InChI is InChI=1S/C11H9Cl2FN2O/c12-8-4-9(13)10(14)3-7(8)11(17)5-16-2-1-15-6-16/h1-4,6,11,17H,5H2. The SMILES string of the molecule is OC(Cn1ccnc1)c1cc(F)c(Cl)cc1Cl. The minimum absolute atomic E-state index is 0.0615. The molecule has 1 aromatic heterocycles. The summed E-state index contributed by atoms with van der Waals surface area (Å²) in [7, 11) is 0. The first-order valence-corrected chi connectivity index (χ1v) is 5.62. The third-order valence-electron chi connectivity index (χ3n) is 2.34. The van der Waals surface area contributed by atoms with E-state index in [0.717, 1.165) is 6.07 Å². The summed E-state index contributed by atoms with van der Waals surface area (Å²) in [4.78, 5) is 3.85. The zero-order valence-corrected chi connectivity index (χ0v) is 10.2. The third kappa shape index (κ3) is 2.77. The van der Waals surface area contributed by atoms with Crippen LogP contribution in [0.5, 0.6) is 0 Å². The Kier molecular flexibility index (Phi) is 3.66. The Morgan fingerprint density at radius 3 is 2.76 bits per heavy atom. The quantitative estimate of drug-likeness (QED) is 0.874. The maximum atomic E-state index is 13.3. The van der Waals surface area contributed by atoms with E-state index in [1.807, 2.05) is 0 Å². The molecule has 90 valence electrons. The fourth-order valence-electron chi connectivity index (χ4n) is 1.49. The maximum Gasteiger partial charge on any atom is 0.142 e. The molecule has 3 nitrogen and oxygen atoms in total. The lowest BCUT2D eigenvalue weighted by Crippen LogP contribution is -2.08. The van der Waals surface area contributed by atoms with E-state index in [2.05, 4.69) is 4.98 Å². The van der Waals surface area contributed by atoms with E-state index in [4.69, 9.17) is 23.2 Å². The van der Waals surface area contributed by atoms with Crippen molar-refractivity contribution < 1.29 is 9.50 Å². The van der Waals surface area contributed by atoms with Crippen LogP contribution < -0.4 is 0 Å². The van der Waals surface area contributed by atoms with Gasteiger partial charge in [0.25, 0.3) is 0 Å². The molecule has 1 heterocycles. The molecule has 6 heteroatoms. The number of nitrogens with zero attached hydrogens (tertiary/aromatic N) is 2. The number of hydrogen-bond donors (Lipinski definition) is 1. The Bertz CT molecular complexity index is 516. The largest absolute Gasteiger partial charge is 0.386 e. The minimum Gasteiger partial charge on any atom is -0.386 e. The van der Waals surface area contributed by atoms with Gasteiger partial charge >= 0.3 is 0 Å². The number of halogens is 3. The lowest BCUT2D eigenvalue weighted by molar-refractivity contribution is 0.156. The van der Waals surface area contributed by atoms with Crippen LogP contribution in [0.4, 0.5) is 4.39 Å². The molecule has 2 rings (SSSR count). The molecule has 0 aliphatic carbocycles. The van der Waals surface area contributed by atoms with Crippen molar-refractivity contribution in [2.45, 2.75) is 12.6 Å². The summed E-state index contributed by atoms with van der Waals surface area (Å²) in [6.07, 6.45) is 3.94. The van der Waals surface area contributed by atoms with Gasteiger partial charge in [-0.1, -0.05) is 23.2 Å². The molecule has 0 saturated heterocycles. The summed E-state index contributed by atoms with van der Waals surface area (Å²) in [6, 6.07) is 2.43. The topological polar surface area (TPSA) is 38.0 Å². The predicted octanol–water partition coefficient (Wildman–Crippen LogP) is 3.06. The second-order valence-corrected chi connectivity index (χ2v) is 4.38. The number of aliphatic hydroxyl groups is 1. The zero-order chi connectivity index (χ0) is 12.4. The van der Waals surface area contributed by atoms with Crippen molar-refractivity contribution in [3.63, 3.8) is 0 Å². The normalized spacial score (nSPS) is 12.7. The van der Waals surface area contributed by atoms with Gasteiger partial charge in [0.05, 0.1) is 24.0 Å². The van der Waals surface area contributed by atoms with Crippen molar-refractivity contribution >= 4 is 23.2 Å². The number of aromatic nitrogens is 2. The molecular formula is C11H9Cl2FN2O. The van der Waals surface area contributed by atoms with Gasteiger partial charge in [-0.15, -0.1) is 0 Å². The Morgan fingerprint density at radius 1 is 1.35 bits per heavy atom. The summed E-state index contributed by atoms with van der Waals surface area (Å²) in [6.45, 7) is 0.251.